The van der Waals surface area contributed by atoms with Crippen LogP contribution in [0.1, 0.15) is 103 Å². The van der Waals surface area contributed by atoms with Gasteiger partial charge in [-0.2, -0.15) is 0 Å². The number of benzene rings is 1. The van der Waals surface area contributed by atoms with E-state index in [4.69, 9.17) is 15.2 Å². The molecule has 2 aliphatic heterocycles. The minimum absolute atomic E-state index is 0.0620. The second-order valence-electron chi connectivity index (χ2n) is 11.3. The molecule has 1 saturated heterocycles. The van der Waals surface area contributed by atoms with Crippen molar-refractivity contribution in [2.45, 2.75) is 122 Å². The Morgan fingerprint density at radius 3 is 2.54 bits per heavy atom. The van der Waals surface area contributed by atoms with Gasteiger partial charge < -0.3 is 30.5 Å². The number of nitrogens with two attached hydrogens (primary N) is 1. The normalized spacial score (nSPS) is 19.0. The Morgan fingerprint density at radius 2 is 1.78 bits per heavy atom. The average Bonchev–Trinajstić information content (AvgIpc) is 3.37. The number of esters is 1. The number of nitrogens with zero attached hydrogens (tertiary/aromatic N) is 2. The second-order valence-corrected chi connectivity index (χ2v) is 11.3. The van der Waals surface area contributed by atoms with E-state index in [9.17, 15) is 14.7 Å². The van der Waals surface area contributed by atoms with Crippen molar-refractivity contribution in [1.29, 1.82) is 0 Å². The zero-order valence-corrected chi connectivity index (χ0v) is 25.0. The average molecular weight is 571 g/mol. The second kappa shape index (κ2) is 17.7. The smallest absolute Gasteiger partial charge is 0.407 e. The maximum absolute atomic E-state index is 13.1. The zero-order chi connectivity index (χ0) is 29.5. The van der Waals surface area contributed by atoms with E-state index in [1.807, 2.05) is 35.2 Å². The number of allylic oxidation sites excluding steroid dienone is 1. The van der Waals surface area contributed by atoms with E-state index in [0.29, 0.717) is 43.0 Å². The molecule has 0 aliphatic carbocycles. The first-order valence-electron chi connectivity index (χ1n) is 15.5. The molecule has 1 aromatic rings. The molecule has 228 valence electrons. The molecule has 0 radical (unpaired) electrons. The Labute approximate surface area is 245 Å². The Morgan fingerprint density at radius 1 is 1.05 bits per heavy atom. The number of carbonyl (C=O) groups excluding carboxylic acids is 2. The molecule has 0 saturated carbocycles. The van der Waals surface area contributed by atoms with Gasteiger partial charge in [-0.1, -0.05) is 82.2 Å². The van der Waals surface area contributed by atoms with Crippen LogP contribution < -0.4 is 11.1 Å². The van der Waals surface area contributed by atoms with Crippen LogP contribution in [0.5, 0.6) is 0 Å². The minimum atomic E-state index is -0.465. The molecule has 1 fully saturated rings. The highest BCUT2D eigenvalue weighted by molar-refractivity contribution is 5.95. The number of ether oxygens (including phenoxy) is 2. The largest absolute Gasteiger partial charge is 0.462 e. The standard InChI is InChI=1S/C32H50N4O5/c1-3-4-5-6-7-8-12-17-27(37)22-26-18-19-28-29(24(2)35-31(33)36(26)28)30(38)40-21-14-13-20-34-32(39)41-23-25-15-10-9-11-16-25/h9-11,15-16,26-28,37H,3-8,12-14,17-23H2,1-2H3,(H2,33,35)(H,34,39)/t26-,27-,28-/m0/s1. The molecule has 41 heavy (non-hydrogen) atoms. The monoisotopic (exact) mass is 570 g/mol. The number of amides is 1. The van der Waals surface area contributed by atoms with Gasteiger partial charge in [-0.05, 0) is 51.0 Å². The van der Waals surface area contributed by atoms with Crippen LogP contribution in [0.15, 0.2) is 46.6 Å². The fourth-order valence-corrected chi connectivity index (χ4v) is 5.76. The van der Waals surface area contributed by atoms with Crippen molar-refractivity contribution in [2.24, 2.45) is 10.7 Å². The van der Waals surface area contributed by atoms with Gasteiger partial charge in [0, 0.05) is 12.6 Å². The summed E-state index contributed by atoms with van der Waals surface area (Å²) in [6.07, 6.45) is 12.1. The lowest BCUT2D eigenvalue weighted by Gasteiger charge is -2.36. The number of aliphatic hydroxyl groups excluding tert-OH is 1. The summed E-state index contributed by atoms with van der Waals surface area (Å²) in [5, 5.41) is 13.4. The molecule has 0 unspecified atom stereocenters. The predicted molar refractivity (Wildman–Crippen MR) is 161 cm³/mol. The van der Waals surface area contributed by atoms with Crippen LogP contribution in [-0.4, -0.2) is 59.4 Å². The predicted octanol–water partition coefficient (Wildman–Crippen LogP) is 5.56. The number of rotatable bonds is 18. The molecule has 0 aromatic heterocycles. The maximum Gasteiger partial charge on any atom is 0.407 e. The number of carbonyl (C=O) groups is 2. The van der Waals surface area contributed by atoms with E-state index in [0.717, 1.165) is 37.7 Å². The number of hydrogen-bond acceptors (Lipinski definition) is 8. The molecule has 3 rings (SSSR count). The fourth-order valence-electron chi connectivity index (χ4n) is 5.76. The minimum Gasteiger partial charge on any atom is -0.462 e. The number of alkyl carbamates (subject to hydrolysis) is 1. The van der Waals surface area contributed by atoms with Crippen molar-refractivity contribution in [1.82, 2.24) is 10.2 Å². The number of guanidine groups is 1. The SMILES string of the molecule is CCCCCCCCC[C@H](O)C[C@@H]1CC[C@H]2C(C(=O)OCCCCNC(=O)OCc3ccccc3)=C(C)N=C(N)N12. The highest BCUT2D eigenvalue weighted by Gasteiger charge is 2.43. The summed E-state index contributed by atoms with van der Waals surface area (Å²) in [6.45, 7) is 4.94. The number of aliphatic imine (C=N–C) groups is 1. The van der Waals surface area contributed by atoms with Crippen LogP contribution >= 0.6 is 0 Å². The quantitative estimate of drug-likeness (QED) is 0.156. The Balaban J connectivity index is 1.35. The third-order valence-corrected chi connectivity index (χ3v) is 7.96. The lowest BCUT2D eigenvalue weighted by molar-refractivity contribution is -0.139. The third-order valence-electron chi connectivity index (χ3n) is 7.96. The van der Waals surface area contributed by atoms with Gasteiger partial charge in [-0.25, -0.2) is 14.6 Å². The van der Waals surface area contributed by atoms with Gasteiger partial charge in [0.05, 0.1) is 30.0 Å². The van der Waals surface area contributed by atoms with Crippen molar-refractivity contribution < 1.29 is 24.2 Å². The van der Waals surface area contributed by atoms with Gasteiger partial charge in [-0.3, -0.25) is 0 Å². The molecular formula is C32H50N4O5. The van der Waals surface area contributed by atoms with Crippen LogP contribution in [0, 0.1) is 0 Å². The summed E-state index contributed by atoms with van der Waals surface area (Å²) in [5.74, 6) is 0.0492. The fraction of sp³-hybridized carbons (Fsp3) is 0.656. The molecule has 9 heteroatoms. The van der Waals surface area contributed by atoms with Crippen molar-refractivity contribution in [2.75, 3.05) is 13.2 Å². The summed E-state index contributed by atoms with van der Waals surface area (Å²) in [7, 11) is 0. The lowest BCUT2D eigenvalue weighted by atomic mass is 10.0. The number of aliphatic hydroxyl groups is 1. The summed E-state index contributed by atoms with van der Waals surface area (Å²) in [4.78, 5) is 31.4. The topological polar surface area (TPSA) is 126 Å². The van der Waals surface area contributed by atoms with Gasteiger partial charge in [0.15, 0.2) is 5.96 Å². The highest BCUT2D eigenvalue weighted by atomic mass is 16.5. The van der Waals surface area contributed by atoms with Crippen LogP contribution in [-0.2, 0) is 20.9 Å². The van der Waals surface area contributed by atoms with E-state index in [-0.39, 0.29) is 37.4 Å². The molecule has 0 bridgehead atoms. The molecule has 2 heterocycles. The van der Waals surface area contributed by atoms with E-state index in [1.165, 1.54) is 32.1 Å². The number of fused-ring (bicyclic) bond motifs is 1. The summed E-state index contributed by atoms with van der Waals surface area (Å²) in [5.41, 5.74) is 8.41. The Kier molecular flexibility index (Phi) is 14.0. The molecule has 1 aromatic carbocycles. The first-order chi connectivity index (χ1) is 19.9. The molecule has 1 amide bonds. The van der Waals surface area contributed by atoms with Gasteiger partial charge in [0.1, 0.15) is 6.61 Å². The van der Waals surface area contributed by atoms with Gasteiger partial charge >= 0.3 is 12.1 Å². The summed E-state index contributed by atoms with van der Waals surface area (Å²) >= 11 is 0. The van der Waals surface area contributed by atoms with E-state index in [1.54, 1.807) is 6.92 Å². The van der Waals surface area contributed by atoms with Gasteiger partial charge in [-0.15, -0.1) is 0 Å². The summed E-state index contributed by atoms with van der Waals surface area (Å²) < 4.78 is 10.8. The number of unbranched alkanes of at least 4 members (excludes halogenated alkanes) is 7. The highest BCUT2D eigenvalue weighted by Crippen LogP contribution is 2.36. The third kappa shape index (κ3) is 10.7. The van der Waals surface area contributed by atoms with Crippen LogP contribution in [0.2, 0.25) is 0 Å². The van der Waals surface area contributed by atoms with E-state index >= 15 is 0 Å². The molecule has 2 aliphatic rings. The molecular weight excluding hydrogens is 520 g/mol. The first-order valence-corrected chi connectivity index (χ1v) is 15.5. The number of nitrogens with one attached hydrogen (secondary N) is 1. The first kappa shape index (κ1) is 32.4. The van der Waals surface area contributed by atoms with Crippen molar-refractivity contribution in [3.8, 4) is 0 Å². The summed E-state index contributed by atoms with van der Waals surface area (Å²) in [6, 6.07) is 9.40. The molecule has 9 nitrogen and oxygen atoms in total. The van der Waals surface area contributed by atoms with Crippen molar-refractivity contribution in [3.05, 3.63) is 47.2 Å². The molecule has 3 atom stereocenters. The van der Waals surface area contributed by atoms with E-state index < -0.39 is 6.09 Å². The molecule has 4 N–H and O–H groups in total. The Hall–Kier alpha value is -3.07. The lowest BCUT2D eigenvalue weighted by Crippen LogP contribution is -2.50. The van der Waals surface area contributed by atoms with Crippen molar-refractivity contribution in [3.63, 3.8) is 0 Å². The van der Waals surface area contributed by atoms with Crippen LogP contribution in [0.4, 0.5) is 4.79 Å². The zero-order valence-electron chi connectivity index (χ0n) is 25.0. The maximum atomic E-state index is 13.1. The molecule has 0 spiro atoms. The Bertz CT molecular complexity index is 1010. The number of hydrogen-bond donors (Lipinski definition) is 3. The van der Waals surface area contributed by atoms with Gasteiger partial charge in [0.25, 0.3) is 0 Å². The van der Waals surface area contributed by atoms with E-state index in [2.05, 4.69) is 17.2 Å². The van der Waals surface area contributed by atoms with Gasteiger partial charge in [0.2, 0.25) is 0 Å². The van der Waals surface area contributed by atoms with Crippen LogP contribution in [0.25, 0.3) is 0 Å². The van der Waals surface area contributed by atoms with Crippen LogP contribution in [0.3, 0.4) is 0 Å². The van der Waals surface area contributed by atoms with Crippen molar-refractivity contribution >= 4 is 18.0 Å².